The monoisotopic (exact) mass is 526 g/mol. The molecule has 1 saturated heterocycles. The first kappa shape index (κ1) is 26.4. The molecule has 1 fully saturated rings. The van der Waals surface area contributed by atoms with Crippen molar-refractivity contribution in [1.82, 2.24) is 30.0 Å². The number of carboxylic acid groups (broad SMARTS) is 1. The average Bonchev–Trinajstić information content (AvgIpc) is 3.29. The number of carbonyl (C=O) groups is 3. The standard InChI is InChI=1S/C25H27FN6O6/c1-30(25(37)38)10-11-32-18-13-16(12-15-2-4-17(26)5-3-15)14-29-20(18)21(33)19(23(32)35)22(34)27-6-8-31-9-7-28-24(31)36/h2-5,13-14,33H,6-12H2,1H3,(H,27,34)(H,28,36)(H,37,38). The van der Waals surface area contributed by atoms with Gasteiger partial charge in [-0.25, -0.2) is 14.0 Å². The van der Waals surface area contributed by atoms with Crippen molar-refractivity contribution in [3.63, 3.8) is 0 Å². The Bertz CT molecular complexity index is 1440. The minimum Gasteiger partial charge on any atom is -0.505 e. The maximum absolute atomic E-state index is 13.4. The fraction of sp³-hybridized carbons (Fsp3) is 0.320. The van der Waals surface area contributed by atoms with Crippen LogP contribution in [0.3, 0.4) is 0 Å². The minimum absolute atomic E-state index is 0.00509. The summed E-state index contributed by atoms with van der Waals surface area (Å²) < 4.78 is 14.5. The zero-order valence-electron chi connectivity index (χ0n) is 20.6. The topological polar surface area (TPSA) is 157 Å². The van der Waals surface area contributed by atoms with E-state index in [-0.39, 0.29) is 49.1 Å². The molecule has 2 aromatic heterocycles. The van der Waals surface area contributed by atoms with Gasteiger partial charge >= 0.3 is 12.1 Å². The molecular weight excluding hydrogens is 499 g/mol. The number of carbonyl (C=O) groups excluding carboxylic acids is 2. The quantitative estimate of drug-likeness (QED) is 0.326. The highest BCUT2D eigenvalue weighted by Gasteiger charge is 2.25. The van der Waals surface area contributed by atoms with E-state index in [1.807, 2.05) is 0 Å². The molecule has 0 saturated carbocycles. The molecule has 4 rings (SSSR count). The van der Waals surface area contributed by atoms with Gasteiger partial charge in [-0.15, -0.1) is 0 Å². The first-order valence-corrected chi connectivity index (χ1v) is 11.9. The predicted molar refractivity (Wildman–Crippen MR) is 135 cm³/mol. The number of hydrogen-bond acceptors (Lipinski definition) is 6. The first-order valence-electron chi connectivity index (χ1n) is 11.9. The highest BCUT2D eigenvalue weighted by molar-refractivity contribution is 6.01. The van der Waals surface area contributed by atoms with Gasteiger partial charge in [0.05, 0.1) is 5.52 Å². The van der Waals surface area contributed by atoms with Crippen molar-refractivity contribution < 1.29 is 29.0 Å². The minimum atomic E-state index is -1.19. The molecule has 0 atom stereocenters. The van der Waals surface area contributed by atoms with Gasteiger partial charge in [-0.1, -0.05) is 12.1 Å². The van der Waals surface area contributed by atoms with Gasteiger partial charge in [0.2, 0.25) is 0 Å². The van der Waals surface area contributed by atoms with Crippen molar-refractivity contribution in [3.8, 4) is 5.75 Å². The number of aromatic nitrogens is 2. The van der Waals surface area contributed by atoms with E-state index in [1.165, 1.54) is 34.8 Å². The van der Waals surface area contributed by atoms with Crippen LogP contribution in [0.4, 0.5) is 14.0 Å². The lowest BCUT2D eigenvalue weighted by molar-refractivity contribution is 0.0945. The third-order valence-electron chi connectivity index (χ3n) is 6.28. The summed E-state index contributed by atoms with van der Waals surface area (Å²) in [7, 11) is 1.34. The second-order valence-electron chi connectivity index (χ2n) is 8.87. The van der Waals surface area contributed by atoms with Crippen LogP contribution in [0.5, 0.6) is 5.75 Å². The summed E-state index contributed by atoms with van der Waals surface area (Å²) in [5.41, 5.74) is 0.320. The van der Waals surface area contributed by atoms with Crippen molar-refractivity contribution in [2.75, 3.05) is 39.8 Å². The molecule has 0 bridgehead atoms. The Labute approximate surface area is 216 Å². The smallest absolute Gasteiger partial charge is 0.407 e. The van der Waals surface area contributed by atoms with E-state index in [9.17, 15) is 33.8 Å². The lowest BCUT2D eigenvalue weighted by Gasteiger charge is -2.18. The van der Waals surface area contributed by atoms with E-state index in [4.69, 9.17) is 0 Å². The summed E-state index contributed by atoms with van der Waals surface area (Å²) in [5.74, 6) is -1.81. The van der Waals surface area contributed by atoms with Crippen LogP contribution < -0.4 is 16.2 Å². The number of pyridine rings is 2. The molecule has 13 heteroatoms. The van der Waals surface area contributed by atoms with Crippen LogP contribution in [0, 0.1) is 5.82 Å². The van der Waals surface area contributed by atoms with Crippen molar-refractivity contribution in [1.29, 1.82) is 0 Å². The normalized spacial score (nSPS) is 13.0. The Morgan fingerprint density at radius 3 is 2.58 bits per heavy atom. The molecule has 12 nitrogen and oxygen atoms in total. The molecule has 1 aromatic carbocycles. The molecule has 0 aliphatic carbocycles. The number of benzene rings is 1. The van der Waals surface area contributed by atoms with E-state index in [1.54, 1.807) is 18.2 Å². The van der Waals surface area contributed by atoms with Crippen LogP contribution in [-0.4, -0.2) is 87.4 Å². The van der Waals surface area contributed by atoms with E-state index in [0.717, 1.165) is 10.5 Å². The van der Waals surface area contributed by atoms with Crippen LogP contribution in [0.2, 0.25) is 0 Å². The SMILES string of the molecule is CN(CCn1c(=O)c(C(=O)NCCN2CCNC2=O)c(O)c2ncc(Cc3ccc(F)cc3)cc21)C(=O)O. The second kappa shape index (κ2) is 11.2. The maximum atomic E-state index is 13.4. The molecule has 1 aliphatic heterocycles. The summed E-state index contributed by atoms with van der Waals surface area (Å²) in [6, 6.07) is 7.26. The highest BCUT2D eigenvalue weighted by Crippen LogP contribution is 2.26. The van der Waals surface area contributed by atoms with Gasteiger partial charge < -0.3 is 35.2 Å². The van der Waals surface area contributed by atoms with Gasteiger partial charge in [-0.3, -0.25) is 14.6 Å². The van der Waals surface area contributed by atoms with Crippen LogP contribution in [0.15, 0.2) is 41.3 Å². The number of aromatic hydroxyl groups is 1. The molecule has 3 heterocycles. The van der Waals surface area contributed by atoms with Crippen molar-refractivity contribution >= 4 is 29.1 Å². The number of urea groups is 1. The molecule has 0 unspecified atom stereocenters. The van der Waals surface area contributed by atoms with E-state index < -0.39 is 28.9 Å². The summed E-state index contributed by atoms with van der Waals surface area (Å²) in [6.07, 6.45) is 0.650. The lowest BCUT2D eigenvalue weighted by Crippen LogP contribution is -2.40. The Morgan fingerprint density at radius 1 is 1.18 bits per heavy atom. The average molecular weight is 527 g/mol. The Kier molecular flexibility index (Phi) is 7.74. The van der Waals surface area contributed by atoms with Crippen LogP contribution >= 0.6 is 0 Å². The molecule has 3 aromatic rings. The van der Waals surface area contributed by atoms with Gasteiger partial charge in [-0.05, 0) is 35.7 Å². The Balaban J connectivity index is 1.68. The number of fused-ring (bicyclic) bond motifs is 1. The van der Waals surface area contributed by atoms with E-state index in [2.05, 4.69) is 15.6 Å². The van der Waals surface area contributed by atoms with Crippen LogP contribution in [-0.2, 0) is 13.0 Å². The summed E-state index contributed by atoms with van der Waals surface area (Å²) in [5, 5.41) is 25.3. The van der Waals surface area contributed by atoms with Crippen molar-refractivity contribution in [2.45, 2.75) is 13.0 Å². The van der Waals surface area contributed by atoms with Gasteiger partial charge in [0.1, 0.15) is 16.9 Å². The third kappa shape index (κ3) is 5.66. The van der Waals surface area contributed by atoms with Gasteiger partial charge in [0, 0.05) is 52.5 Å². The molecule has 0 radical (unpaired) electrons. The third-order valence-corrected chi connectivity index (χ3v) is 6.28. The Hall–Kier alpha value is -4.68. The fourth-order valence-electron chi connectivity index (χ4n) is 4.17. The van der Waals surface area contributed by atoms with Gasteiger partial charge in [0.15, 0.2) is 5.75 Å². The fourth-order valence-corrected chi connectivity index (χ4v) is 4.17. The molecule has 4 amide bonds. The van der Waals surface area contributed by atoms with Gasteiger partial charge in [-0.2, -0.15) is 0 Å². The number of nitrogens with one attached hydrogen (secondary N) is 2. The summed E-state index contributed by atoms with van der Waals surface area (Å²) in [4.78, 5) is 56.2. The Morgan fingerprint density at radius 2 is 1.92 bits per heavy atom. The number of rotatable bonds is 9. The van der Waals surface area contributed by atoms with Crippen LogP contribution in [0.1, 0.15) is 21.5 Å². The summed E-state index contributed by atoms with van der Waals surface area (Å²) in [6.45, 7) is 1.09. The zero-order chi connectivity index (χ0) is 27.4. The zero-order valence-corrected chi connectivity index (χ0v) is 20.6. The predicted octanol–water partition coefficient (Wildman–Crippen LogP) is 1.20. The molecule has 200 valence electrons. The number of halogens is 1. The first-order chi connectivity index (χ1) is 18.2. The largest absolute Gasteiger partial charge is 0.505 e. The van der Waals surface area contributed by atoms with E-state index in [0.29, 0.717) is 25.1 Å². The second-order valence-corrected chi connectivity index (χ2v) is 8.87. The van der Waals surface area contributed by atoms with Crippen molar-refractivity contribution in [2.24, 2.45) is 0 Å². The number of amides is 4. The number of likely N-dealkylation sites (N-methyl/N-ethyl adjacent to an activating group) is 1. The summed E-state index contributed by atoms with van der Waals surface area (Å²) >= 11 is 0. The van der Waals surface area contributed by atoms with E-state index >= 15 is 0 Å². The van der Waals surface area contributed by atoms with Crippen molar-refractivity contribution in [3.05, 3.63) is 69.4 Å². The van der Waals surface area contributed by atoms with Crippen LogP contribution in [0.25, 0.3) is 11.0 Å². The maximum Gasteiger partial charge on any atom is 0.407 e. The number of nitrogens with zero attached hydrogens (tertiary/aromatic N) is 4. The number of hydrogen-bond donors (Lipinski definition) is 4. The lowest BCUT2D eigenvalue weighted by atomic mass is 10.1. The highest BCUT2D eigenvalue weighted by atomic mass is 19.1. The molecule has 4 N–H and O–H groups in total. The molecule has 0 spiro atoms. The molecule has 1 aliphatic rings. The van der Waals surface area contributed by atoms with Gasteiger partial charge in [0.25, 0.3) is 11.5 Å². The molecular formula is C25H27FN6O6. The molecule has 38 heavy (non-hydrogen) atoms.